The average Bonchev–Trinajstić information content (AvgIpc) is 2.09. The Hall–Kier alpha value is -0.820. The van der Waals surface area contributed by atoms with Crippen LogP contribution in [0.4, 0.5) is 4.79 Å². The highest BCUT2D eigenvalue weighted by atomic mass is 32.2. The number of rotatable bonds is 5. The van der Waals surface area contributed by atoms with Crippen LogP contribution < -0.4 is 10.6 Å². The van der Waals surface area contributed by atoms with Crippen LogP contribution in [0.2, 0.25) is 0 Å². The standard InChI is InChI=1S/C13H28N2O4S/c1-12(2,3)10(8-14-9-20(7,17)18)15-11(16)19-13(4,5)6/h10,14H,8-9H2,1-7H3,(H,15,16). The molecule has 7 heteroatoms. The lowest BCUT2D eigenvalue weighted by molar-refractivity contribution is 0.0464. The van der Waals surface area contributed by atoms with Crippen LogP contribution in [-0.2, 0) is 14.6 Å². The molecule has 1 amide bonds. The Labute approximate surface area is 122 Å². The smallest absolute Gasteiger partial charge is 0.407 e. The van der Waals surface area contributed by atoms with E-state index >= 15 is 0 Å². The second-order valence-corrected chi connectivity index (χ2v) is 9.23. The van der Waals surface area contributed by atoms with Gasteiger partial charge in [0.15, 0.2) is 9.84 Å². The van der Waals surface area contributed by atoms with Gasteiger partial charge in [-0.05, 0) is 26.2 Å². The van der Waals surface area contributed by atoms with E-state index in [2.05, 4.69) is 10.6 Å². The second kappa shape index (κ2) is 6.76. The van der Waals surface area contributed by atoms with Crippen molar-refractivity contribution in [3.8, 4) is 0 Å². The minimum Gasteiger partial charge on any atom is -0.444 e. The summed E-state index contributed by atoms with van der Waals surface area (Å²) in [6.45, 7) is 11.6. The molecule has 0 spiro atoms. The number of hydrogen-bond donors (Lipinski definition) is 2. The van der Waals surface area contributed by atoms with Crippen molar-refractivity contribution in [2.24, 2.45) is 5.41 Å². The topological polar surface area (TPSA) is 84.5 Å². The van der Waals surface area contributed by atoms with Crippen molar-refractivity contribution in [1.82, 2.24) is 10.6 Å². The van der Waals surface area contributed by atoms with Crippen molar-refractivity contribution in [1.29, 1.82) is 0 Å². The van der Waals surface area contributed by atoms with E-state index in [0.29, 0.717) is 6.54 Å². The summed E-state index contributed by atoms with van der Waals surface area (Å²) in [7, 11) is -3.08. The Bertz CT molecular complexity index is 419. The third kappa shape index (κ3) is 10.0. The zero-order valence-electron chi connectivity index (χ0n) is 13.5. The van der Waals surface area contributed by atoms with Gasteiger partial charge in [-0.3, -0.25) is 0 Å². The molecule has 0 rings (SSSR count). The maximum Gasteiger partial charge on any atom is 0.407 e. The van der Waals surface area contributed by atoms with Gasteiger partial charge in [-0.1, -0.05) is 20.8 Å². The fourth-order valence-electron chi connectivity index (χ4n) is 1.41. The first-order valence-electron chi connectivity index (χ1n) is 6.59. The predicted octanol–water partition coefficient (Wildman–Crippen LogP) is 1.52. The molecule has 0 aromatic rings. The number of hydrogen-bond acceptors (Lipinski definition) is 5. The molecule has 0 bridgehead atoms. The van der Waals surface area contributed by atoms with Gasteiger partial charge < -0.3 is 15.4 Å². The first-order valence-corrected chi connectivity index (χ1v) is 8.65. The van der Waals surface area contributed by atoms with Crippen molar-refractivity contribution in [3.05, 3.63) is 0 Å². The van der Waals surface area contributed by atoms with Crippen LogP contribution in [0.1, 0.15) is 41.5 Å². The van der Waals surface area contributed by atoms with Gasteiger partial charge in [0.25, 0.3) is 0 Å². The first-order chi connectivity index (χ1) is 8.71. The minimum atomic E-state index is -3.08. The number of carbonyl (C=O) groups excluding carboxylic acids is 1. The highest BCUT2D eigenvalue weighted by molar-refractivity contribution is 7.90. The third-order valence-electron chi connectivity index (χ3n) is 2.45. The van der Waals surface area contributed by atoms with E-state index in [-0.39, 0.29) is 17.3 Å². The summed E-state index contributed by atoms with van der Waals surface area (Å²) in [5, 5.41) is 5.62. The van der Waals surface area contributed by atoms with Crippen LogP contribution in [-0.4, -0.2) is 44.8 Å². The molecular formula is C13H28N2O4S. The summed E-state index contributed by atoms with van der Waals surface area (Å²) in [5.41, 5.74) is -0.784. The minimum absolute atomic E-state index is 0.115. The van der Waals surface area contributed by atoms with Gasteiger partial charge in [-0.2, -0.15) is 0 Å². The summed E-state index contributed by atoms with van der Waals surface area (Å²) in [6.07, 6.45) is 0.659. The monoisotopic (exact) mass is 308 g/mol. The second-order valence-electron chi connectivity index (χ2n) is 7.09. The van der Waals surface area contributed by atoms with E-state index in [1.54, 1.807) is 20.8 Å². The third-order valence-corrected chi connectivity index (χ3v) is 3.18. The molecule has 0 radical (unpaired) electrons. The van der Waals surface area contributed by atoms with Gasteiger partial charge >= 0.3 is 6.09 Å². The highest BCUT2D eigenvalue weighted by Gasteiger charge is 2.28. The Kier molecular flexibility index (Phi) is 6.48. The summed E-state index contributed by atoms with van der Waals surface area (Å²) in [6, 6.07) is -0.237. The van der Waals surface area contributed by atoms with Crippen molar-refractivity contribution in [2.45, 2.75) is 53.2 Å². The molecule has 0 aliphatic heterocycles. The lowest BCUT2D eigenvalue weighted by Crippen LogP contribution is -2.51. The SMILES string of the molecule is CC(C)(C)OC(=O)NC(CNCS(C)(=O)=O)C(C)(C)C. The summed E-state index contributed by atoms with van der Waals surface area (Å²) < 4.78 is 27.4. The average molecular weight is 308 g/mol. The van der Waals surface area contributed by atoms with Crippen molar-refractivity contribution >= 4 is 15.9 Å². The van der Waals surface area contributed by atoms with E-state index in [9.17, 15) is 13.2 Å². The van der Waals surface area contributed by atoms with Crippen molar-refractivity contribution in [2.75, 3.05) is 18.7 Å². The van der Waals surface area contributed by atoms with Crippen LogP contribution in [0.15, 0.2) is 0 Å². The Balaban J connectivity index is 4.56. The van der Waals surface area contributed by atoms with Gasteiger partial charge in [0.2, 0.25) is 0 Å². The van der Waals surface area contributed by atoms with Crippen LogP contribution in [0.3, 0.4) is 0 Å². The molecule has 0 aliphatic rings. The number of alkyl carbamates (subject to hydrolysis) is 1. The van der Waals surface area contributed by atoms with Gasteiger partial charge in [-0.25, -0.2) is 13.2 Å². The zero-order valence-corrected chi connectivity index (χ0v) is 14.3. The Morgan fingerprint density at radius 2 is 1.65 bits per heavy atom. The summed E-state index contributed by atoms with van der Waals surface area (Å²) in [4.78, 5) is 11.8. The molecule has 0 heterocycles. The number of carbonyl (C=O) groups is 1. The molecule has 0 aliphatic carbocycles. The molecule has 6 nitrogen and oxygen atoms in total. The molecule has 0 aromatic carbocycles. The molecule has 20 heavy (non-hydrogen) atoms. The molecule has 0 fully saturated rings. The maximum atomic E-state index is 11.8. The van der Waals surface area contributed by atoms with E-state index < -0.39 is 21.5 Å². The largest absolute Gasteiger partial charge is 0.444 e. The number of nitrogens with one attached hydrogen (secondary N) is 2. The molecule has 1 atom stereocenters. The molecule has 1 unspecified atom stereocenters. The van der Waals surface area contributed by atoms with Crippen molar-refractivity contribution in [3.63, 3.8) is 0 Å². The molecule has 0 saturated carbocycles. The van der Waals surface area contributed by atoms with Gasteiger partial charge in [-0.15, -0.1) is 0 Å². The van der Waals surface area contributed by atoms with Gasteiger partial charge in [0.1, 0.15) is 5.60 Å². The Morgan fingerprint density at radius 3 is 2.00 bits per heavy atom. The lowest BCUT2D eigenvalue weighted by atomic mass is 9.87. The van der Waals surface area contributed by atoms with E-state index in [4.69, 9.17) is 4.74 Å². The number of sulfone groups is 1. The van der Waals surface area contributed by atoms with Crippen LogP contribution >= 0.6 is 0 Å². The van der Waals surface area contributed by atoms with Crippen LogP contribution in [0.5, 0.6) is 0 Å². The fourth-order valence-corrected chi connectivity index (χ4v) is 1.90. The predicted molar refractivity (Wildman–Crippen MR) is 80.3 cm³/mol. The summed E-state index contributed by atoms with van der Waals surface area (Å²) in [5.74, 6) is -0.115. The maximum absolute atomic E-state index is 11.8. The lowest BCUT2D eigenvalue weighted by Gasteiger charge is -2.32. The summed E-state index contributed by atoms with van der Waals surface area (Å²) >= 11 is 0. The van der Waals surface area contributed by atoms with E-state index in [1.807, 2.05) is 20.8 Å². The Morgan fingerprint density at radius 1 is 1.15 bits per heavy atom. The van der Waals surface area contributed by atoms with E-state index in [0.717, 1.165) is 6.26 Å². The number of amides is 1. The molecule has 120 valence electrons. The quantitative estimate of drug-likeness (QED) is 0.804. The zero-order chi connectivity index (χ0) is 16.2. The van der Waals surface area contributed by atoms with E-state index in [1.165, 1.54) is 0 Å². The van der Waals surface area contributed by atoms with Gasteiger partial charge in [0, 0.05) is 18.8 Å². The van der Waals surface area contributed by atoms with Gasteiger partial charge in [0.05, 0.1) is 5.88 Å². The molecular weight excluding hydrogens is 280 g/mol. The molecule has 0 aromatic heterocycles. The fraction of sp³-hybridized carbons (Fsp3) is 0.923. The molecule has 0 saturated heterocycles. The molecule has 2 N–H and O–H groups in total. The van der Waals surface area contributed by atoms with Crippen molar-refractivity contribution < 1.29 is 17.9 Å². The normalized spacial score (nSPS) is 14.8. The van der Waals surface area contributed by atoms with Crippen LogP contribution in [0, 0.1) is 5.41 Å². The van der Waals surface area contributed by atoms with Crippen LogP contribution in [0.25, 0.3) is 0 Å². The first kappa shape index (κ1) is 19.2. The highest BCUT2D eigenvalue weighted by Crippen LogP contribution is 2.19. The number of ether oxygens (including phenoxy) is 1.